The van der Waals surface area contributed by atoms with E-state index in [0.717, 1.165) is 12.2 Å². The number of alkyl halides is 1. The minimum atomic E-state index is 0.199. The lowest BCUT2D eigenvalue weighted by Crippen LogP contribution is -2.03. The molecule has 0 spiro atoms. The molecule has 1 atom stereocenters. The molecule has 0 bridgehead atoms. The maximum atomic E-state index is 5.59. The van der Waals surface area contributed by atoms with Crippen molar-refractivity contribution in [2.75, 3.05) is 0 Å². The van der Waals surface area contributed by atoms with Crippen LogP contribution in [-0.2, 0) is 6.42 Å². The Kier molecular flexibility index (Phi) is 5.32. The van der Waals surface area contributed by atoms with Gasteiger partial charge in [-0.3, -0.25) is 0 Å². The molecule has 2 aromatic rings. The molecule has 114 valence electrons. The molecular weight excluding hydrogens is 324 g/mol. The van der Waals surface area contributed by atoms with Gasteiger partial charge in [0.05, 0.1) is 11.1 Å². The smallest absolute Gasteiger partial charge is 0.108 e. The van der Waals surface area contributed by atoms with Gasteiger partial charge in [-0.15, -0.1) is 0 Å². The summed E-state index contributed by atoms with van der Waals surface area (Å²) in [6.07, 6.45) is 2.71. The van der Waals surface area contributed by atoms with E-state index in [0.29, 0.717) is 11.8 Å². The molecule has 0 radical (unpaired) electrons. The van der Waals surface area contributed by atoms with Crippen LogP contribution in [0, 0.1) is 0 Å². The predicted molar refractivity (Wildman–Crippen MR) is 93.5 cm³/mol. The average Bonchev–Trinajstić information content (AvgIpc) is 2.94. The van der Waals surface area contributed by atoms with Gasteiger partial charge in [-0.2, -0.15) is 0 Å². The van der Waals surface area contributed by atoms with E-state index < -0.39 is 0 Å². The SMILES string of the molecule is CCc1occc1C(Br)c1ccc(C(C)C)cc1C(C)C. The van der Waals surface area contributed by atoms with Gasteiger partial charge < -0.3 is 4.42 Å². The fourth-order valence-electron chi connectivity index (χ4n) is 2.71. The van der Waals surface area contributed by atoms with Crippen LogP contribution in [0.2, 0.25) is 0 Å². The Labute approximate surface area is 136 Å². The molecule has 0 aliphatic heterocycles. The zero-order chi connectivity index (χ0) is 15.6. The Balaban J connectivity index is 2.47. The number of rotatable bonds is 5. The van der Waals surface area contributed by atoms with E-state index in [4.69, 9.17) is 4.42 Å². The Hall–Kier alpha value is -1.02. The first-order valence-electron chi connectivity index (χ1n) is 7.79. The second-order valence-corrected chi connectivity index (χ2v) is 7.13. The maximum absolute atomic E-state index is 5.59. The lowest BCUT2D eigenvalue weighted by atomic mass is 9.89. The average molecular weight is 349 g/mol. The van der Waals surface area contributed by atoms with Gasteiger partial charge in [0, 0.05) is 12.0 Å². The fourth-order valence-corrected chi connectivity index (χ4v) is 3.54. The van der Waals surface area contributed by atoms with Crippen molar-refractivity contribution in [2.24, 2.45) is 0 Å². The zero-order valence-corrected chi connectivity index (χ0v) is 15.2. The lowest BCUT2D eigenvalue weighted by molar-refractivity contribution is 0.512. The van der Waals surface area contributed by atoms with E-state index in [2.05, 4.69) is 74.8 Å². The minimum Gasteiger partial charge on any atom is -0.469 e. The summed E-state index contributed by atoms with van der Waals surface area (Å²) in [6.45, 7) is 11.1. The van der Waals surface area contributed by atoms with Gasteiger partial charge in [0.1, 0.15) is 5.76 Å². The van der Waals surface area contributed by atoms with Crippen molar-refractivity contribution in [1.29, 1.82) is 0 Å². The summed E-state index contributed by atoms with van der Waals surface area (Å²) in [4.78, 5) is 0.199. The van der Waals surface area contributed by atoms with Crippen LogP contribution in [0.3, 0.4) is 0 Å². The van der Waals surface area contributed by atoms with Crippen molar-refractivity contribution >= 4 is 15.9 Å². The van der Waals surface area contributed by atoms with E-state index >= 15 is 0 Å². The van der Waals surface area contributed by atoms with Gasteiger partial charge in [0.15, 0.2) is 0 Å². The van der Waals surface area contributed by atoms with E-state index in [9.17, 15) is 0 Å². The molecule has 2 heteroatoms. The molecule has 0 saturated carbocycles. The van der Waals surface area contributed by atoms with Gasteiger partial charge in [-0.25, -0.2) is 0 Å². The molecule has 1 unspecified atom stereocenters. The molecule has 2 rings (SSSR count). The summed E-state index contributed by atoms with van der Waals surface area (Å²) < 4.78 is 5.59. The van der Waals surface area contributed by atoms with Crippen LogP contribution < -0.4 is 0 Å². The zero-order valence-electron chi connectivity index (χ0n) is 13.6. The number of hydrogen-bond donors (Lipinski definition) is 0. The maximum Gasteiger partial charge on any atom is 0.108 e. The molecule has 0 saturated heterocycles. The highest BCUT2D eigenvalue weighted by Gasteiger charge is 2.20. The van der Waals surface area contributed by atoms with Gasteiger partial charge in [-0.1, -0.05) is 68.7 Å². The summed E-state index contributed by atoms with van der Waals surface area (Å²) in [7, 11) is 0. The molecule has 1 heterocycles. The molecule has 1 aromatic heterocycles. The third-order valence-corrected chi connectivity index (χ3v) is 5.03. The molecule has 0 aliphatic carbocycles. The predicted octanol–water partition coefficient (Wildman–Crippen LogP) is 6.57. The number of furan rings is 1. The van der Waals surface area contributed by atoms with Crippen LogP contribution >= 0.6 is 15.9 Å². The first-order chi connectivity index (χ1) is 9.95. The summed E-state index contributed by atoms with van der Waals surface area (Å²) in [5.41, 5.74) is 5.43. The Bertz CT molecular complexity index is 595. The highest BCUT2D eigenvalue weighted by molar-refractivity contribution is 9.09. The quantitative estimate of drug-likeness (QED) is 0.556. The van der Waals surface area contributed by atoms with Crippen LogP contribution in [0.15, 0.2) is 34.9 Å². The monoisotopic (exact) mass is 348 g/mol. The van der Waals surface area contributed by atoms with Gasteiger partial charge in [0.2, 0.25) is 0 Å². The van der Waals surface area contributed by atoms with Crippen molar-refractivity contribution in [3.8, 4) is 0 Å². The van der Waals surface area contributed by atoms with E-state index in [-0.39, 0.29) is 4.83 Å². The molecule has 0 fully saturated rings. The largest absolute Gasteiger partial charge is 0.469 e. The van der Waals surface area contributed by atoms with Gasteiger partial charge >= 0.3 is 0 Å². The van der Waals surface area contributed by atoms with Crippen molar-refractivity contribution < 1.29 is 4.42 Å². The summed E-state index contributed by atoms with van der Waals surface area (Å²) in [5.74, 6) is 2.14. The highest BCUT2D eigenvalue weighted by atomic mass is 79.9. The second-order valence-electron chi connectivity index (χ2n) is 6.21. The number of benzene rings is 1. The molecule has 0 amide bonds. The van der Waals surface area contributed by atoms with E-state index in [1.807, 2.05) is 0 Å². The third-order valence-electron chi connectivity index (χ3n) is 4.05. The number of halogens is 1. The normalized spacial score (nSPS) is 13.1. The fraction of sp³-hybridized carbons (Fsp3) is 0.474. The second kappa shape index (κ2) is 6.83. The van der Waals surface area contributed by atoms with E-state index in [1.54, 1.807) is 6.26 Å². The Morgan fingerprint density at radius 3 is 2.24 bits per heavy atom. The molecule has 1 aromatic carbocycles. The highest BCUT2D eigenvalue weighted by Crippen LogP contribution is 2.38. The van der Waals surface area contributed by atoms with Crippen molar-refractivity contribution in [3.05, 3.63) is 58.5 Å². The van der Waals surface area contributed by atoms with Crippen molar-refractivity contribution in [1.82, 2.24) is 0 Å². The third kappa shape index (κ3) is 3.42. The van der Waals surface area contributed by atoms with E-state index in [1.165, 1.54) is 22.3 Å². The lowest BCUT2D eigenvalue weighted by Gasteiger charge is -2.20. The van der Waals surface area contributed by atoms with Crippen molar-refractivity contribution in [3.63, 3.8) is 0 Å². The van der Waals surface area contributed by atoms with Crippen molar-refractivity contribution in [2.45, 2.75) is 57.7 Å². The molecular formula is C19H25BrO. The van der Waals surface area contributed by atoms with Crippen LogP contribution in [0.5, 0.6) is 0 Å². The topological polar surface area (TPSA) is 13.1 Å². The Morgan fingerprint density at radius 1 is 0.952 bits per heavy atom. The first-order valence-corrected chi connectivity index (χ1v) is 8.71. The molecule has 0 N–H and O–H groups in total. The summed E-state index contributed by atoms with van der Waals surface area (Å²) >= 11 is 3.89. The summed E-state index contributed by atoms with van der Waals surface area (Å²) in [5, 5.41) is 0. The minimum absolute atomic E-state index is 0.199. The first kappa shape index (κ1) is 16.4. The van der Waals surface area contributed by atoms with Crippen LogP contribution in [0.25, 0.3) is 0 Å². The Morgan fingerprint density at radius 2 is 1.67 bits per heavy atom. The van der Waals surface area contributed by atoms with Gasteiger partial charge in [-0.05, 0) is 34.6 Å². The number of hydrogen-bond acceptors (Lipinski definition) is 1. The molecule has 0 aliphatic rings. The van der Waals surface area contributed by atoms with Gasteiger partial charge in [0.25, 0.3) is 0 Å². The van der Waals surface area contributed by atoms with Crippen LogP contribution in [0.1, 0.15) is 79.3 Å². The summed E-state index contributed by atoms with van der Waals surface area (Å²) in [6, 6.07) is 8.98. The molecule has 1 nitrogen and oxygen atoms in total. The standard InChI is InChI=1S/C19H25BrO/c1-6-18-16(9-10-21-18)19(20)15-8-7-14(12(2)3)11-17(15)13(4)5/h7-13,19H,6H2,1-5H3. The van der Waals surface area contributed by atoms with Crippen LogP contribution in [-0.4, -0.2) is 0 Å². The number of aryl methyl sites for hydroxylation is 1. The van der Waals surface area contributed by atoms with Crippen LogP contribution in [0.4, 0.5) is 0 Å². The molecule has 21 heavy (non-hydrogen) atoms.